The van der Waals surface area contributed by atoms with Crippen molar-refractivity contribution in [3.8, 4) is 0 Å². The maximum absolute atomic E-state index is 5.14. The monoisotopic (exact) mass is 272 g/mol. The van der Waals surface area contributed by atoms with Crippen LogP contribution in [0.15, 0.2) is 4.99 Å². The minimum atomic E-state index is 0.224. The Morgan fingerprint density at radius 1 is 1.50 bits per heavy atom. The second-order valence-electron chi connectivity index (χ2n) is 6.31. The number of hydrogen-bond acceptors (Lipinski definition) is 3. The third-order valence-electron chi connectivity index (χ3n) is 3.14. The summed E-state index contributed by atoms with van der Waals surface area (Å²) in [5, 5.41) is 4.66. The van der Waals surface area contributed by atoms with Crippen molar-refractivity contribution in [2.24, 2.45) is 16.3 Å². The fourth-order valence-electron chi connectivity index (χ4n) is 1.97. The van der Waals surface area contributed by atoms with Gasteiger partial charge < -0.3 is 10.1 Å². The number of rotatable bonds is 7. The largest absolute Gasteiger partial charge is 0.385 e. The molecule has 0 aromatic heterocycles. The number of amidine groups is 1. The van der Waals surface area contributed by atoms with Gasteiger partial charge in [0.05, 0.1) is 0 Å². The highest BCUT2D eigenvalue weighted by molar-refractivity contribution is 8.14. The predicted molar refractivity (Wildman–Crippen MR) is 81.4 cm³/mol. The zero-order chi connectivity index (χ0) is 13.6. The van der Waals surface area contributed by atoms with Crippen LogP contribution in [0.2, 0.25) is 0 Å². The number of nitrogens with zero attached hydrogens (tertiary/aromatic N) is 1. The third-order valence-corrected chi connectivity index (χ3v) is 4.23. The van der Waals surface area contributed by atoms with Crippen LogP contribution in [0, 0.1) is 11.3 Å². The van der Waals surface area contributed by atoms with Crippen molar-refractivity contribution in [3.05, 3.63) is 0 Å². The topological polar surface area (TPSA) is 33.6 Å². The molecule has 4 heteroatoms. The minimum Gasteiger partial charge on any atom is -0.385 e. The molecule has 0 amide bonds. The van der Waals surface area contributed by atoms with Crippen LogP contribution in [-0.4, -0.2) is 37.2 Å². The van der Waals surface area contributed by atoms with Gasteiger partial charge in [-0.25, -0.2) is 0 Å². The molecule has 1 atom stereocenters. The van der Waals surface area contributed by atoms with Crippen molar-refractivity contribution < 1.29 is 4.74 Å². The molecule has 0 radical (unpaired) electrons. The van der Waals surface area contributed by atoms with Crippen molar-refractivity contribution in [2.75, 3.05) is 26.0 Å². The third kappa shape index (κ3) is 6.10. The van der Waals surface area contributed by atoms with Crippen LogP contribution in [0.1, 0.15) is 40.5 Å². The molecule has 1 saturated heterocycles. The van der Waals surface area contributed by atoms with Crippen LogP contribution in [0.25, 0.3) is 0 Å². The molecule has 106 valence electrons. The highest BCUT2D eigenvalue weighted by Crippen LogP contribution is 2.23. The number of ether oxygens (including phenoxy) is 1. The first kappa shape index (κ1) is 15.8. The summed E-state index contributed by atoms with van der Waals surface area (Å²) >= 11 is 1.86. The molecule has 0 spiro atoms. The minimum absolute atomic E-state index is 0.224. The van der Waals surface area contributed by atoms with Gasteiger partial charge in [-0.2, -0.15) is 0 Å². The van der Waals surface area contributed by atoms with Crippen molar-refractivity contribution >= 4 is 16.9 Å². The fraction of sp³-hybridized carbons (Fsp3) is 0.929. The fourth-order valence-corrected chi connectivity index (χ4v) is 2.95. The second kappa shape index (κ2) is 7.39. The molecule has 1 unspecified atom stereocenters. The second-order valence-corrected chi connectivity index (χ2v) is 7.32. The Balaban J connectivity index is 2.35. The summed E-state index contributed by atoms with van der Waals surface area (Å²) in [6.07, 6.45) is 2.29. The smallest absolute Gasteiger partial charge is 0.156 e. The quantitative estimate of drug-likeness (QED) is 0.773. The molecule has 1 aliphatic heterocycles. The summed E-state index contributed by atoms with van der Waals surface area (Å²) in [6.45, 7) is 10.7. The molecule has 1 N–H and O–H groups in total. The summed E-state index contributed by atoms with van der Waals surface area (Å²) in [7, 11) is 1.76. The predicted octanol–water partition coefficient (Wildman–Crippen LogP) is 3.16. The molecule has 18 heavy (non-hydrogen) atoms. The van der Waals surface area contributed by atoms with E-state index in [1.54, 1.807) is 7.11 Å². The van der Waals surface area contributed by atoms with Gasteiger partial charge in [0.15, 0.2) is 5.17 Å². The molecule has 0 aromatic carbocycles. The van der Waals surface area contributed by atoms with Crippen LogP contribution in [-0.2, 0) is 4.74 Å². The first-order valence-corrected chi connectivity index (χ1v) is 7.84. The number of hydrogen-bond donors (Lipinski definition) is 1. The molecule has 1 aliphatic rings. The van der Waals surface area contributed by atoms with Gasteiger partial charge in [-0.3, -0.25) is 4.99 Å². The highest BCUT2D eigenvalue weighted by atomic mass is 32.2. The maximum atomic E-state index is 5.14. The van der Waals surface area contributed by atoms with Crippen LogP contribution < -0.4 is 5.32 Å². The Labute approximate surface area is 116 Å². The van der Waals surface area contributed by atoms with Gasteiger partial charge >= 0.3 is 0 Å². The van der Waals surface area contributed by atoms with Gasteiger partial charge in [-0.15, -0.1) is 0 Å². The summed E-state index contributed by atoms with van der Waals surface area (Å²) in [4.78, 5) is 4.72. The molecule has 0 aliphatic carbocycles. The normalized spacial score (nSPS) is 22.8. The average Bonchev–Trinajstić information content (AvgIpc) is 2.71. The van der Waals surface area contributed by atoms with Crippen molar-refractivity contribution in [2.45, 2.75) is 46.6 Å². The Kier molecular flexibility index (Phi) is 6.50. The Morgan fingerprint density at radius 2 is 2.22 bits per heavy atom. The summed E-state index contributed by atoms with van der Waals surface area (Å²) < 4.78 is 5.14. The Hall–Kier alpha value is -0.220. The molecule has 0 aromatic rings. The van der Waals surface area contributed by atoms with Crippen LogP contribution >= 0.6 is 11.8 Å². The van der Waals surface area contributed by atoms with E-state index < -0.39 is 0 Å². The molecule has 0 saturated carbocycles. The van der Waals surface area contributed by atoms with Crippen molar-refractivity contribution in [1.82, 2.24) is 5.32 Å². The van der Waals surface area contributed by atoms with E-state index in [1.165, 1.54) is 6.42 Å². The van der Waals surface area contributed by atoms with Crippen molar-refractivity contribution in [3.63, 3.8) is 0 Å². The molecule has 1 heterocycles. The molecular weight excluding hydrogens is 244 g/mol. The van der Waals surface area contributed by atoms with Crippen LogP contribution in [0.5, 0.6) is 0 Å². The summed E-state index contributed by atoms with van der Waals surface area (Å²) in [6, 6.07) is 0.607. The first-order chi connectivity index (χ1) is 8.43. The lowest BCUT2D eigenvalue weighted by Gasteiger charge is -2.22. The highest BCUT2D eigenvalue weighted by Gasteiger charge is 2.22. The van der Waals surface area contributed by atoms with E-state index in [-0.39, 0.29) is 5.41 Å². The van der Waals surface area contributed by atoms with E-state index in [2.05, 4.69) is 33.0 Å². The van der Waals surface area contributed by atoms with E-state index >= 15 is 0 Å². The van der Waals surface area contributed by atoms with E-state index in [1.807, 2.05) is 11.8 Å². The zero-order valence-electron chi connectivity index (χ0n) is 12.5. The van der Waals surface area contributed by atoms with E-state index in [0.29, 0.717) is 6.04 Å². The lowest BCUT2D eigenvalue weighted by molar-refractivity contribution is 0.155. The Bertz CT molecular complexity index is 277. The average molecular weight is 272 g/mol. The Morgan fingerprint density at radius 3 is 2.83 bits per heavy atom. The molecule has 0 bridgehead atoms. The van der Waals surface area contributed by atoms with Crippen LogP contribution in [0.4, 0.5) is 0 Å². The van der Waals surface area contributed by atoms with Crippen LogP contribution in [0.3, 0.4) is 0 Å². The van der Waals surface area contributed by atoms with E-state index in [9.17, 15) is 0 Å². The van der Waals surface area contributed by atoms with Gasteiger partial charge in [0.25, 0.3) is 0 Å². The molecule has 3 nitrogen and oxygen atoms in total. The first-order valence-electron chi connectivity index (χ1n) is 6.85. The summed E-state index contributed by atoms with van der Waals surface area (Å²) in [5.41, 5.74) is 0.224. The number of aliphatic imine (C=N–C) groups is 1. The number of nitrogens with one attached hydrogen (secondary N) is 1. The number of methoxy groups -OCH3 is 1. The van der Waals surface area contributed by atoms with E-state index in [4.69, 9.17) is 9.73 Å². The molecule has 1 fully saturated rings. The standard InChI is InChI=1S/C14H28N2OS/c1-11(2)8-12-9-18-13(16-12)15-10-14(3,4)6-7-17-5/h11-12H,6-10H2,1-5H3,(H,15,16). The SMILES string of the molecule is COCCC(C)(C)CN=C1NC(CC(C)C)CS1. The van der Waals surface area contributed by atoms with Gasteiger partial charge in [0.2, 0.25) is 0 Å². The van der Waals surface area contributed by atoms with Gasteiger partial charge in [-0.05, 0) is 24.2 Å². The van der Waals surface area contributed by atoms with E-state index in [0.717, 1.165) is 36.4 Å². The maximum Gasteiger partial charge on any atom is 0.156 e. The number of thioether (sulfide) groups is 1. The summed E-state index contributed by atoms with van der Waals surface area (Å²) in [5.74, 6) is 1.91. The zero-order valence-corrected chi connectivity index (χ0v) is 13.3. The van der Waals surface area contributed by atoms with Gasteiger partial charge in [0, 0.05) is 32.1 Å². The molecular formula is C14H28N2OS. The molecule has 1 rings (SSSR count). The van der Waals surface area contributed by atoms with Gasteiger partial charge in [-0.1, -0.05) is 39.5 Å². The lowest BCUT2D eigenvalue weighted by atomic mass is 9.90. The lowest BCUT2D eigenvalue weighted by Crippen LogP contribution is -2.29. The van der Waals surface area contributed by atoms with Gasteiger partial charge in [0.1, 0.15) is 0 Å². The van der Waals surface area contributed by atoms with Crippen molar-refractivity contribution in [1.29, 1.82) is 0 Å².